The molecule has 1 aromatic heterocycles. The fourth-order valence-electron chi connectivity index (χ4n) is 1.95. The summed E-state index contributed by atoms with van der Waals surface area (Å²) in [6.07, 6.45) is 2.66. The van der Waals surface area contributed by atoms with E-state index in [2.05, 4.69) is 45.6 Å². The molecule has 1 aromatic carbocycles. The van der Waals surface area contributed by atoms with Gasteiger partial charge in [0.2, 0.25) is 5.16 Å². The Labute approximate surface area is 117 Å². The van der Waals surface area contributed by atoms with E-state index in [1.807, 2.05) is 6.92 Å². The van der Waals surface area contributed by atoms with Gasteiger partial charge in [-0.05, 0) is 55.6 Å². The van der Waals surface area contributed by atoms with E-state index in [9.17, 15) is 0 Å². The van der Waals surface area contributed by atoms with Crippen LogP contribution in [-0.4, -0.2) is 21.2 Å². The summed E-state index contributed by atoms with van der Waals surface area (Å²) in [5.41, 5.74) is 2.63. The molecule has 0 atom stereocenters. The molecule has 0 radical (unpaired) electrons. The van der Waals surface area contributed by atoms with Gasteiger partial charge in [0.1, 0.15) is 5.82 Å². The van der Waals surface area contributed by atoms with Crippen LogP contribution in [0.5, 0.6) is 0 Å². The van der Waals surface area contributed by atoms with Crippen molar-refractivity contribution in [3.63, 3.8) is 0 Å². The molecule has 3 rings (SSSR count). The normalized spacial score (nSPS) is 14.8. The van der Waals surface area contributed by atoms with Crippen LogP contribution >= 0.6 is 11.8 Å². The summed E-state index contributed by atoms with van der Waals surface area (Å²) in [6.45, 7) is 5.02. The van der Waals surface area contributed by atoms with Crippen LogP contribution in [0.25, 0.3) is 0 Å². The van der Waals surface area contributed by atoms with Crippen molar-refractivity contribution in [2.45, 2.75) is 49.3 Å². The molecule has 4 nitrogen and oxygen atoms in total. The predicted octanol–water partition coefficient (Wildman–Crippen LogP) is 2.82. The number of nitrogens with one attached hydrogen (secondary N) is 2. The molecule has 0 bridgehead atoms. The summed E-state index contributed by atoms with van der Waals surface area (Å²) in [6, 6.07) is 7.35. The molecule has 1 aliphatic rings. The molecular weight excluding hydrogens is 256 g/mol. The first-order valence-electron chi connectivity index (χ1n) is 6.60. The smallest absolute Gasteiger partial charge is 0.213 e. The molecule has 1 heterocycles. The van der Waals surface area contributed by atoms with Crippen LogP contribution in [0.2, 0.25) is 0 Å². The molecule has 19 heavy (non-hydrogen) atoms. The summed E-state index contributed by atoms with van der Waals surface area (Å²) in [4.78, 5) is 5.54. The second kappa shape index (κ2) is 5.35. The van der Waals surface area contributed by atoms with Gasteiger partial charge >= 0.3 is 0 Å². The summed E-state index contributed by atoms with van der Waals surface area (Å²) < 4.78 is 0. The highest BCUT2D eigenvalue weighted by molar-refractivity contribution is 7.99. The second-order valence-electron chi connectivity index (χ2n) is 5.06. The standard InChI is InChI=1S/C14H18N4S/c1-9-7-11(8-15-12-4-5-12)3-6-13(9)19-14-16-10(2)17-18-14/h3,6-7,12,15H,4-5,8H2,1-2H3,(H,16,17,18). The number of H-pyrrole nitrogens is 1. The third-order valence-electron chi connectivity index (χ3n) is 3.19. The molecule has 1 fully saturated rings. The Morgan fingerprint density at radius 2 is 2.21 bits per heavy atom. The molecular formula is C14H18N4S. The zero-order chi connectivity index (χ0) is 13.2. The van der Waals surface area contributed by atoms with E-state index in [1.165, 1.54) is 28.9 Å². The summed E-state index contributed by atoms with van der Waals surface area (Å²) >= 11 is 1.61. The number of hydrogen-bond acceptors (Lipinski definition) is 4. The molecule has 2 aromatic rings. The number of aryl methyl sites for hydroxylation is 2. The lowest BCUT2D eigenvalue weighted by Gasteiger charge is -2.07. The lowest BCUT2D eigenvalue weighted by atomic mass is 10.1. The maximum absolute atomic E-state index is 4.32. The molecule has 100 valence electrons. The Morgan fingerprint density at radius 1 is 1.37 bits per heavy atom. The fraction of sp³-hybridized carbons (Fsp3) is 0.429. The van der Waals surface area contributed by atoms with Crippen LogP contribution in [0.4, 0.5) is 0 Å². The average molecular weight is 274 g/mol. The molecule has 1 aliphatic carbocycles. The zero-order valence-electron chi connectivity index (χ0n) is 11.2. The topological polar surface area (TPSA) is 53.6 Å². The van der Waals surface area contributed by atoms with Crippen LogP contribution in [0.3, 0.4) is 0 Å². The van der Waals surface area contributed by atoms with Gasteiger partial charge in [0.15, 0.2) is 0 Å². The highest BCUT2D eigenvalue weighted by atomic mass is 32.2. The van der Waals surface area contributed by atoms with Crippen molar-refractivity contribution in [3.05, 3.63) is 35.2 Å². The number of nitrogens with zero attached hydrogens (tertiary/aromatic N) is 2. The molecule has 1 saturated carbocycles. The SMILES string of the molecule is Cc1nc(Sc2ccc(CNC3CC3)cc2C)n[nH]1. The molecule has 0 spiro atoms. The lowest BCUT2D eigenvalue weighted by molar-refractivity contribution is 0.687. The Balaban J connectivity index is 1.67. The minimum absolute atomic E-state index is 0.755. The van der Waals surface area contributed by atoms with Crippen molar-refractivity contribution in [1.82, 2.24) is 20.5 Å². The predicted molar refractivity (Wildman–Crippen MR) is 76.3 cm³/mol. The molecule has 0 unspecified atom stereocenters. The lowest BCUT2D eigenvalue weighted by Crippen LogP contribution is -2.15. The van der Waals surface area contributed by atoms with E-state index in [4.69, 9.17) is 0 Å². The van der Waals surface area contributed by atoms with Gasteiger partial charge in [-0.2, -0.15) is 0 Å². The average Bonchev–Trinajstić information content (AvgIpc) is 3.13. The van der Waals surface area contributed by atoms with Gasteiger partial charge in [-0.1, -0.05) is 12.1 Å². The minimum Gasteiger partial charge on any atom is -0.310 e. The number of benzene rings is 1. The Bertz CT molecular complexity index is 575. The summed E-state index contributed by atoms with van der Waals surface area (Å²) in [5, 5.41) is 11.3. The fourth-order valence-corrected chi connectivity index (χ4v) is 2.78. The van der Waals surface area contributed by atoms with Crippen LogP contribution < -0.4 is 5.32 Å². The van der Waals surface area contributed by atoms with Crippen molar-refractivity contribution in [1.29, 1.82) is 0 Å². The van der Waals surface area contributed by atoms with Gasteiger partial charge < -0.3 is 5.32 Å². The van der Waals surface area contributed by atoms with Gasteiger partial charge in [0, 0.05) is 17.5 Å². The van der Waals surface area contributed by atoms with Gasteiger partial charge in [-0.25, -0.2) is 4.98 Å². The molecule has 5 heteroatoms. The van der Waals surface area contributed by atoms with E-state index in [0.29, 0.717) is 0 Å². The number of rotatable bonds is 5. The Hall–Kier alpha value is -1.33. The van der Waals surface area contributed by atoms with Crippen molar-refractivity contribution in [3.8, 4) is 0 Å². The maximum Gasteiger partial charge on any atom is 0.213 e. The molecule has 2 N–H and O–H groups in total. The van der Waals surface area contributed by atoms with Gasteiger partial charge in [-0.3, -0.25) is 5.10 Å². The van der Waals surface area contributed by atoms with E-state index >= 15 is 0 Å². The van der Waals surface area contributed by atoms with Crippen molar-refractivity contribution >= 4 is 11.8 Å². The van der Waals surface area contributed by atoms with E-state index in [0.717, 1.165) is 23.6 Å². The minimum atomic E-state index is 0.755. The van der Waals surface area contributed by atoms with E-state index in [1.54, 1.807) is 11.8 Å². The number of hydrogen-bond donors (Lipinski definition) is 2. The Morgan fingerprint density at radius 3 is 2.84 bits per heavy atom. The van der Waals surface area contributed by atoms with E-state index in [-0.39, 0.29) is 0 Å². The zero-order valence-corrected chi connectivity index (χ0v) is 12.0. The molecule has 0 amide bonds. The second-order valence-corrected chi connectivity index (χ2v) is 6.07. The maximum atomic E-state index is 4.32. The third-order valence-corrected chi connectivity index (χ3v) is 4.23. The molecule has 0 aliphatic heterocycles. The first-order chi connectivity index (χ1) is 9.20. The van der Waals surface area contributed by atoms with Crippen molar-refractivity contribution in [2.24, 2.45) is 0 Å². The Kier molecular flexibility index (Phi) is 3.57. The number of aromatic amines is 1. The van der Waals surface area contributed by atoms with Crippen molar-refractivity contribution in [2.75, 3.05) is 0 Å². The number of aromatic nitrogens is 3. The van der Waals surface area contributed by atoms with Crippen LogP contribution in [-0.2, 0) is 6.54 Å². The third kappa shape index (κ3) is 3.36. The first kappa shape index (κ1) is 12.7. The summed E-state index contributed by atoms with van der Waals surface area (Å²) in [7, 11) is 0. The van der Waals surface area contributed by atoms with Crippen LogP contribution in [0, 0.1) is 13.8 Å². The van der Waals surface area contributed by atoms with E-state index < -0.39 is 0 Å². The quantitative estimate of drug-likeness (QED) is 0.880. The molecule has 0 saturated heterocycles. The first-order valence-corrected chi connectivity index (χ1v) is 7.42. The highest BCUT2D eigenvalue weighted by Gasteiger charge is 2.19. The monoisotopic (exact) mass is 274 g/mol. The van der Waals surface area contributed by atoms with Gasteiger partial charge in [0.05, 0.1) is 0 Å². The largest absolute Gasteiger partial charge is 0.310 e. The van der Waals surface area contributed by atoms with Crippen molar-refractivity contribution < 1.29 is 0 Å². The van der Waals surface area contributed by atoms with Gasteiger partial charge in [-0.15, -0.1) is 5.10 Å². The van der Waals surface area contributed by atoms with Crippen LogP contribution in [0.1, 0.15) is 29.8 Å². The summed E-state index contributed by atoms with van der Waals surface area (Å²) in [5.74, 6) is 0.852. The van der Waals surface area contributed by atoms with Crippen LogP contribution in [0.15, 0.2) is 28.3 Å². The van der Waals surface area contributed by atoms with Gasteiger partial charge in [0.25, 0.3) is 0 Å². The highest BCUT2D eigenvalue weighted by Crippen LogP contribution is 2.28.